The molecule has 10 nitrogen and oxygen atoms in total. The number of carbonyl (C=O) groups excluding carboxylic acids is 4. The molecular weight excluding hydrogens is 712 g/mol. The largest absolute Gasteiger partial charge is 0.463 e. The molecule has 5 aliphatic rings. The standard InChI is InChI=1S/C46H74O10/c1-12-32(27(4)5)14-13-28(6)36-17-18-37-35-16-15-33-24-34(19-21-45(33,10)38(35)20-22-46(36,37)11)55-44-43(54-31(9)49)42(53-30(8)48)41(52-29(7)47)39(56-44)25-51-40(50)23-26(2)3/h15,26-28,32,34-39,41-44H,12-14,16-25H2,1-11H3/t28-,32?,34+,35?,36?,37?,38?,39+,41+,42+,43+,44+,45+,46-/m1/s1. The Morgan fingerprint density at radius 3 is 2.11 bits per heavy atom. The van der Waals surface area contributed by atoms with Crippen LogP contribution in [0, 0.1) is 58.2 Å². The molecule has 318 valence electrons. The summed E-state index contributed by atoms with van der Waals surface area (Å²) < 4.78 is 35.7. The van der Waals surface area contributed by atoms with E-state index >= 15 is 0 Å². The maximum Gasteiger partial charge on any atom is 0.306 e. The van der Waals surface area contributed by atoms with E-state index in [1.807, 2.05) is 13.8 Å². The number of esters is 4. The molecule has 1 aliphatic heterocycles. The van der Waals surface area contributed by atoms with Gasteiger partial charge in [0, 0.05) is 27.2 Å². The van der Waals surface area contributed by atoms with Crippen molar-refractivity contribution in [2.75, 3.05) is 6.61 Å². The molecule has 0 radical (unpaired) electrons. The highest BCUT2D eigenvalue weighted by Crippen LogP contribution is 2.67. The van der Waals surface area contributed by atoms with Crippen molar-refractivity contribution in [3.63, 3.8) is 0 Å². The Bertz CT molecular complexity index is 1420. The Morgan fingerprint density at radius 1 is 0.821 bits per heavy atom. The van der Waals surface area contributed by atoms with Crippen molar-refractivity contribution >= 4 is 23.9 Å². The minimum absolute atomic E-state index is 0.0775. The molecule has 5 unspecified atom stereocenters. The van der Waals surface area contributed by atoms with Crippen molar-refractivity contribution in [2.45, 2.75) is 190 Å². The first-order valence-corrected chi connectivity index (χ1v) is 22.1. The fourth-order valence-corrected chi connectivity index (χ4v) is 12.3. The second-order valence-electron chi connectivity index (χ2n) is 19.5. The van der Waals surface area contributed by atoms with E-state index in [4.69, 9.17) is 28.4 Å². The molecule has 0 aromatic rings. The minimum atomic E-state index is -1.24. The first kappa shape index (κ1) is 44.6. The average molecular weight is 787 g/mol. The van der Waals surface area contributed by atoms with Crippen molar-refractivity contribution in [3.8, 4) is 0 Å². The van der Waals surface area contributed by atoms with Crippen LogP contribution >= 0.6 is 0 Å². The quantitative estimate of drug-likeness (QED) is 0.0902. The smallest absolute Gasteiger partial charge is 0.306 e. The molecule has 0 spiro atoms. The van der Waals surface area contributed by atoms with E-state index in [1.165, 1.54) is 71.3 Å². The molecule has 0 aromatic heterocycles. The number of ether oxygens (including phenoxy) is 6. The lowest BCUT2D eigenvalue weighted by molar-refractivity contribution is -0.318. The van der Waals surface area contributed by atoms with Gasteiger partial charge in [-0.1, -0.05) is 79.9 Å². The summed E-state index contributed by atoms with van der Waals surface area (Å²) in [5, 5.41) is 0. The van der Waals surface area contributed by atoms with Crippen molar-refractivity contribution < 1.29 is 47.6 Å². The third kappa shape index (κ3) is 9.86. The monoisotopic (exact) mass is 787 g/mol. The van der Waals surface area contributed by atoms with E-state index in [0.717, 1.165) is 55.3 Å². The molecule has 14 atom stereocenters. The van der Waals surface area contributed by atoms with Crippen LogP contribution < -0.4 is 0 Å². The molecule has 4 aliphatic carbocycles. The normalized spacial score (nSPS) is 37.7. The van der Waals surface area contributed by atoms with E-state index in [0.29, 0.717) is 17.3 Å². The lowest BCUT2D eigenvalue weighted by atomic mass is 9.47. The van der Waals surface area contributed by atoms with E-state index in [9.17, 15) is 19.2 Å². The molecule has 5 rings (SSSR count). The van der Waals surface area contributed by atoms with Crippen LogP contribution in [0.5, 0.6) is 0 Å². The maximum absolute atomic E-state index is 12.6. The molecule has 56 heavy (non-hydrogen) atoms. The van der Waals surface area contributed by atoms with E-state index in [-0.39, 0.29) is 30.5 Å². The molecule has 0 bridgehead atoms. The summed E-state index contributed by atoms with van der Waals surface area (Å²) in [4.78, 5) is 49.8. The van der Waals surface area contributed by atoms with E-state index < -0.39 is 54.6 Å². The molecule has 4 fully saturated rings. The molecule has 1 heterocycles. The topological polar surface area (TPSA) is 124 Å². The zero-order valence-corrected chi connectivity index (χ0v) is 36.4. The van der Waals surface area contributed by atoms with Gasteiger partial charge in [-0.2, -0.15) is 0 Å². The van der Waals surface area contributed by atoms with Crippen molar-refractivity contribution in [3.05, 3.63) is 11.6 Å². The highest BCUT2D eigenvalue weighted by atomic mass is 16.7. The van der Waals surface area contributed by atoms with Crippen LogP contribution in [0.2, 0.25) is 0 Å². The highest BCUT2D eigenvalue weighted by molar-refractivity contribution is 5.70. The van der Waals surface area contributed by atoms with Crippen LogP contribution in [0.25, 0.3) is 0 Å². The number of allylic oxidation sites excluding steroid dienone is 1. The van der Waals surface area contributed by atoms with Crippen LogP contribution in [-0.4, -0.2) is 67.3 Å². The predicted octanol–water partition coefficient (Wildman–Crippen LogP) is 9.16. The van der Waals surface area contributed by atoms with Gasteiger partial charge in [-0.3, -0.25) is 19.2 Å². The van der Waals surface area contributed by atoms with Crippen molar-refractivity contribution in [1.29, 1.82) is 0 Å². The van der Waals surface area contributed by atoms with Crippen LogP contribution in [0.4, 0.5) is 0 Å². The zero-order valence-electron chi connectivity index (χ0n) is 36.4. The fraction of sp³-hybridized carbons (Fsp3) is 0.870. The maximum atomic E-state index is 12.6. The first-order valence-electron chi connectivity index (χ1n) is 22.1. The Kier molecular flexibility index (Phi) is 14.9. The van der Waals surface area contributed by atoms with Gasteiger partial charge in [0.2, 0.25) is 0 Å². The first-order chi connectivity index (χ1) is 26.4. The number of carbonyl (C=O) groups is 4. The average Bonchev–Trinajstić information content (AvgIpc) is 3.46. The molecule has 0 amide bonds. The fourth-order valence-electron chi connectivity index (χ4n) is 12.3. The van der Waals surface area contributed by atoms with Gasteiger partial charge in [0.05, 0.1) is 6.10 Å². The second-order valence-corrected chi connectivity index (χ2v) is 19.5. The number of hydrogen-bond acceptors (Lipinski definition) is 10. The van der Waals surface area contributed by atoms with Gasteiger partial charge in [-0.15, -0.1) is 0 Å². The lowest BCUT2D eigenvalue weighted by Gasteiger charge is -2.58. The summed E-state index contributed by atoms with van der Waals surface area (Å²) in [6, 6.07) is 0. The summed E-state index contributed by atoms with van der Waals surface area (Å²) in [5.74, 6) is 2.97. The molecule has 1 saturated heterocycles. The summed E-state index contributed by atoms with van der Waals surface area (Å²) in [6.07, 6.45) is 9.49. The van der Waals surface area contributed by atoms with Crippen LogP contribution in [-0.2, 0) is 47.6 Å². The van der Waals surface area contributed by atoms with Crippen LogP contribution in [0.1, 0.15) is 153 Å². The van der Waals surface area contributed by atoms with Gasteiger partial charge in [-0.25, -0.2) is 0 Å². The van der Waals surface area contributed by atoms with Gasteiger partial charge >= 0.3 is 23.9 Å². The Morgan fingerprint density at radius 2 is 1.48 bits per heavy atom. The summed E-state index contributed by atoms with van der Waals surface area (Å²) in [7, 11) is 0. The zero-order chi connectivity index (χ0) is 41.1. The Labute approximate surface area is 337 Å². The third-order valence-electron chi connectivity index (χ3n) is 15.1. The van der Waals surface area contributed by atoms with Crippen molar-refractivity contribution in [1.82, 2.24) is 0 Å². The molecule has 3 saturated carbocycles. The Balaban J connectivity index is 1.32. The van der Waals surface area contributed by atoms with Crippen LogP contribution in [0.15, 0.2) is 11.6 Å². The summed E-state index contributed by atoms with van der Waals surface area (Å²) >= 11 is 0. The second kappa shape index (κ2) is 18.6. The molecular formula is C46H74O10. The summed E-state index contributed by atoms with van der Waals surface area (Å²) in [6.45, 7) is 22.1. The minimum Gasteiger partial charge on any atom is -0.463 e. The number of rotatable bonds is 15. The number of fused-ring (bicyclic) bond motifs is 5. The third-order valence-corrected chi connectivity index (χ3v) is 15.1. The SMILES string of the molecule is CCC(CC[C@@H](C)C1CCC2C3CC=C4C[C@@H](O[C@H]5O[C@@H](COC(=O)CC(C)C)[C@H](OC(C)=O)[C@H](OC(C)=O)[C@@H]5OC(C)=O)CC[C@]4(C)C3CC[C@@]21C)C(C)C. The Hall–Kier alpha value is -2.46. The predicted molar refractivity (Wildman–Crippen MR) is 213 cm³/mol. The van der Waals surface area contributed by atoms with Gasteiger partial charge in [0.25, 0.3) is 0 Å². The molecule has 0 aromatic carbocycles. The van der Waals surface area contributed by atoms with Gasteiger partial charge in [-0.05, 0) is 116 Å². The molecule has 10 heteroatoms. The molecule has 0 N–H and O–H groups in total. The lowest BCUT2D eigenvalue weighted by Crippen LogP contribution is -2.63. The van der Waals surface area contributed by atoms with Gasteiger partial charge < -0.3 is 28.4 Å². The highest BCUT2D eigenvalue weighted by Gasteiger charge is 2.60. The van der Waals surface area contributed by atoms with Gasteiger partial charge in [0.15, 0.2) is 24.6 Å². The number of hydrogen-bond donors (Lipinski definition) is 0. The van der Waals surface area contributed by atoms with E-state index in [2.05, 4.69) is 47.6 Å². The van der Waals surface area contributed by atoms with Crippen molar-refractivity contribution in [2.24, 2.45) is 58.2 Å². The summed E-state index contributed by atoms with van der Waals surface area (Å²) in [5.41, 5.74) is 1.94. The van der Waals surface area contributed by atoms with Gasteiger partial charge in [0.1, 0.15) is 12.7 Å². The van der Waals surface area contributed by atoms with Crippen LogP contribution in [0.3, 0.4) is 0 Å². The van der Waals surface area contributed by atoms with E-state index in [1.54, 1.807) is 0 Å².